The number of fused-ring (bicyclic) bond motifs is 1. The maximum absolute atomic E-state index is 9.10. The van der Waals surface area contributed by atoms with Gasteiger partial charge in [-0.1, -0.05) is 54.2 Å². The number of anilines is 1. The molecule has 0 spiro atoms. The van der Waals surface area contributed by atoms with Crippen LogP contribution >= 0.6 is 11.8 Å². The Bertz CT molecular complexity index is 712. The molecule has 0 aliphatic rings. The van der Waals surface area contributed by atoms with Crippen LogP contribution in [0.4, 0.5) is 5.69 Å². The number of rotatable bonds is 3. The standard InChI is InChI=1S/C16H13NOS/c18-17-15-7-3-4-8-16(15)19-14-10-9-12-5-1-2-6-13(12)11-14/h1-11,17-18H. The van der Waals surface area contributed by atoms with Gasteiger partial charge in [-0.2, -0.15) is 0 Å². The first-order chi connectivity index (χ1) is 9.36. The second kappa shape index (κ2) is 5.34. The minimum atomic E-state index is 0.723. The molecule has 0 saturated carbocycles. The highest BCUT2D eigenvalue weighted by atomic mass is 32.2. The van der Waals surface area contributed by atoms with Crippen LogP contribution in [-0.2, 0) is 0 Å². The van der Waals surface area contributed by atoms with E-state index in [0.29, 0.717) is 0 Å². The summed E-state index contributed by atoms with van der Waals surface area (Å²) in [6, 6.07) is 22.4. The molecular weight excluding hydrogens is 254 g/mol. The number of benzene rings is 3. The van der Waals surface area contributed by atoms with Gasteiger partial charge in [-0.15, -0.1) is 0 Å². The van der Waals surface area contributed by atoms with E-state index in [-0.39, 0.29) is 0 Å². The number of para-hydroxylation sites is 1. The Labute approximate surface area is 116 Å². The van der Waals surface area contributed by atoms with Gasteiger partial charge in [-0.3, -0.25) is 10.7 Å². The van der Waals surface area contributed by atoms with E-state index in [1.54, 1.807) is 11.8 Å². The normalized spacial score (nSPS) is 10.6. The van der Waals surface area contributed by atoms with E-state index in [0.717, 1.165) is 15.5 Å². The van der Waals surface area contributed by atoms with Crippen LogP contribution in [0.25, 0.3) is 10.8 Å². The van der Waals surface area contributed by atoms with Crippen LogP contribution < -0.4 is 5.48 Å². The van der Waals surface area contributed by atoms with Gasteiger partial charge in [0.1, 0.15) is 0 Å². The summed E-state index contributed by atoms with van der Waals surface area (Å²) >= 11 is 1.63. The lowest BCUT2D eigenvalue weighted by Crippen LogP contribution is -1.90. The molecule has 3 aromatic carbocycles. The van der Waals surface area contributed by atoms with Crippen molar-refractivity contribution in [2.24, 2.45) is 0 Å². The molecule has 0 atom stereocenters. The molecule has 0 amide bonds. The van der Waals surface area contributed by atoms with Crippen molar-refractivity contribution in [2.75, 3.05) is 5.48 Å². The van der Waals surface area contributed by atoms with Gasteiger partial charge in [0.2, 0.25) is 0 Å². The van der Waals surface area contributed by atoms with Gasteiger partial charge in [0.25, 0.3) is 0 Å². The summed E-state index contributed by atoms with van der Waals surface area (Å²) in [7, 11) is 0. The van der Waals surface area contributed by atoms with Crippen LogP contribution in [0.1, 0.15) is 0 Å². The molecule has 0 aliphatic carbocycles. The average Bonchev–Trinajstić information content (AvgIpc) is 2.48. The smallest absolute Gasteiger partial charge is 0.0741 e. The Kier molecular flexibility index (Phi) is 3.40. The van der Waals surface area contributed by atoms with Crippen molar-refractivity contribution in [2.45, 2.75) is 9.79 Å². The molecule has 2 N–H and O–H groups in total. The van der Waals surface area contributed by atoms with E-state index in [4.69, 9.17) is 5.21 Å². The number of nitrogens with one attached hydrogen (secondary N) is 1. The summed E-state index contributed by atoms with van der Waals surface area (Å²) < 4.78 is 0. The van der Waals surface area contributed by atoms with Crippen LogP contribution in [0.15, 0.2) is 76.5 Å². The van der Waals surface area contributed by atoms with Gasteiger partial charge in [-0.05, 0) is 35.0 Å². The lowest BCUT2D eigenvalue weighted by molar-refractivity contribution is 0.387. The van der Waals surface area contributed by atoms with Crippen LogP contribution in [-0.4, -0.2) is 5.21 Å². The first kappa shape index (κ1) is 12.1. The maximum atomic E-state index is 9.10. The summed E-state index contributed by atoms with van der Waals surface area (Å²) in [4.78, 5) is 2.15. The quantitative estimate of drug-likeness (QED) is 0.669. The van der Waals surface area contributed by atoms with Crippen molar-refractivity contribution in [1.29, 1.82) is 0 Å². The van der Waals surface area contributed by atoms with Gasteiger partial charge in [0, 0.05) is 9.79 Å². The lowest BCUT2D eigenvalue weighted by atomic mass is 10.1. The Morgan fingerprint density at radius 1 is 0.789 bits per heavy atom. The van der Waals surface area contributed by atoms with E-state index >= 15 is 0 Å². The maximum Gasteiger partial charge on any atom is 0.0741 e. The Morgan fingerprint density at radius 2 is 1.53 bits per heavy atom. The highest BCUT2D eigenvalue weighted by molar-refractivity contribution is 7.99. The molecule has 3 heteroatoms. The van der Waals surface area contributed by atoms with Crippen molar-refractivity contribution >= 4 is 28.2 Å². The highest BCUT2D eigenvalue weighted by Crippen LogP contribution is 2.34. The summed E-state index contributed by atoms with van der Waals surface area (Å²) in [5.41, 5.74) is 2.95. The third-order valence-corrected chi connectivity index (χ3v) is 4.02. The zero-order chi connectivity index (χ0) is 13.1. The molecule has 0 unspecified atom stereocenters. The summed E-state index contributed by atoms with van der Waals surface area (Å²) in [6.45, 7) is 0. The van der Waals surface area contributed by atoms with E-state index in [9.17, 15) is 0 Å². The topological polar surface area (TPSA) is 32.3 Å². The van der Waals surface area contributed by atoms with Crippen LogP contribution in [0.2, 0.25) is 0 Å². The Morgan fingerprint density at radius 3 is 2.37 bits per heavy atom. The first-order valence-corrected chi connectivity index (χ1v) is 6.84. The monoisotopic (exact) mass is 267 g/mol. The Hall–Kier alpha value is -1.97. The molecule has 0 bridgehead atoms. The molecule has 0 aromatic heterocycles. The molecule has 94 valence electrons. The molecule has 0 radical (unpaired) electrons. The molecule has 2 nitrogen and oxygen atoms in total. The van der Waals surface area contributed by atoms with Crippen molar-refractivity contribution in [1.82, 2.24) is 0 Å². The molecule has 0 fully saturated rings. The zero-order valence-corrected chi connectivity index (χ0v) is 11.0. The van der Waals surface area contributed by atoms with E-state index in [1.165, 1.54) is 10.8 Å². The van der Waals surface area contributed by atoms with Crippen LogP contribution in [0, 0.1) is 0 Å². The summed E-state index contributed by atoms with van der Waals surface area (Å²) in [5, 5.41) is 11.6. The van der Waals surface area contributed by atoms with E-state index in [2.05, 4.69) is 35.8 Å². The van der Waals surface area contributed by atoms with Gasteiger partial charge >= 0.3 is 0 Å². The van der Waals surface area contributed by atoms with Crippen LogP contribution in [0.5, 0.6) is 0 Å². The molecule has 3 aromatic rings. The van der Waals surface area contributed by atoms with Gasteiger partial charge in [-0.25, -0.2) is 0 Å². The Balaban J connectivity index is 1.96. The molecule has 19 heavy (non-hydrogen) atoms. The van der Waals surface area contributed by atoms with Crippen LogP contribution in [0.3, 0.4) is 0 Å². The van der Waals surface area contributed by atoms with Gasteiger partial charge < -0.3 is 0 Å². The van der Waals surface area contributed by atoms with Crippen molar-refractivity contribution < 1.29 is 5.21 Å². The second-order valence-electron chi connectivity index (χ2n) is 4.22. The largest absolute Gasteiger partial charge is 0.291 e. The highest BCUT2D eigenvalue weighted by Gasteiger charge is 2.03. The summed E-state index contributed by atoms with van der Waals surface area (Å²) in [6.07, 6.45) is 0. The fraction of sp³-hybridized carbons (Fsp3) is 0. The molecular formula is C16H13NOS. The fourth-order valence-corrected chi connectivity index (χ4v) is 2.95. The van der Waals surface area contributed by atoms with E-state index in [1.807, 2.05) is 36.4 Å². The number of hydrogen-bond donors (Lipinski definition) is 2. The third-order valence-electron chi connectivity index (χ3n) is 2.96. The van der Waals surface area contributed by atoms with E-state index < -0.39 is 0 Å². The fourth-order valence-electron chi connectivity index (χ4n) is 2.01. The number of hydrogen-bond acceptors (Lipinski definition) is 3. The second-order valence-corrected chi connectivity index (χ2v) is 5.33. The predicted molar refractivity (Wildman–Crippen MR) is 79.9 cm³/mol. The van der Waals surface area contributed by atoms with Gasteiger partial charge in [0.15, 0.2) is 0 Å². The third kappa shape index (κ3) is 2.57. The molecule has 3 rings (SSSR count). The minimum Gasteiger partial charge on any atom is -0.291 e. The summed E-state index contributed by atoms with van der Waals surface area (Å²) in [5.74, 6) is 0. The van der Waals surface area contributed by atoms with Gasteiger partial charge in [0.05, 0.1) is 5.69 Å². The zero-order valence-electron chi connectivity index (χ0n) is 10.2. The van der Waals surface area contributed by atoms with Crippen molar-refractivity contribution in [3.05, 3.63) is 66.7 Å². The molecule has 0 saturated heterocycles. The lowest BCUT2D eigenvalue weighted by Gasteiger charge is -2.08. The first-order valence-electron chi connectivity index (χ1n) is 6.02. The van der Waals surface area contributed by atoms with Crippen molar-refractivity contribution in [3.8, 4) is 0 Å². The average molecular weight is 267 g/mol. The van der Waals surface area contributed by atoms with Crippen molar-refractivity contribution in [3.63, 3.8) is 0 Å². The SMILES string of the molecule is ONc1ccccc1Sc1ccc2ccccc2c1. The predicted octanol–water partition coefficient (Wildman–Crippen LogP) is 4.79. The molecule has 0 aliphatic heterocycles. The molecule has 0 heterocycles. The minimum absolute atomic E-state index is 0.723.